The summed E-state index contributed by atoms with van der Waals surface area (Å²) in [6.45, 7) is 5.64. The first-order chi connectivity index (χ1) is 8.72. The lowest BCUT2D eigenvalue weighted by Crippen LogP contribution is -2.36. The number of ether oxygens (including phenoxy) is 1. The zero-order chi connectivity index (χ0) is 13.4. The Morgan fingerprint density at radius 1 is 1.22 bits per heavy atom. The lowest BCUT2D eigenvalue weighted by molar-refractivity contribution is 0.117. The summed E-state index contributed by atoms with van der Waals surface area (Å²) in [4.78, 5) is 0. The molecule has 1 aromatic carbocycles. The van der Waals surface area contributed by atoms with Crippen molar-refractivity contribution in [2.24, 2.45) is 0 Å². The largest absolute Gasteiger partial charge is 0.387 e. The molecule has 0 saturated heterocycles. The lowest BCUT2D eigenvalue weighted by Gasteiger charge is -2.23. The molecule has 102 valence electrons. The molecule has 0 aromatic heterocycles. The first-order valence-electron chi connectivity index (χ1n) is 6.72. The molecular formula is C15H25NO2. The summed E-state index contributed by atoms with van der Waals surface area (Å²) in [7, 11) is 1.68. The highest BCUT2D eigenvalue weighted by atomic mass is 16.5. The molecular weight excluding hydrogens is 226 g/mol. The van der Waals surface area contributed by atoms with Crippen molar-refractivity contribution in [3.05, 3.63) is 35.4 Å². The maximum atomic E-state index is 10.3. The van der Waals surface area contributed by atoms with E-state index in [0.29, 0.717) is 6.61 Å². The van der Waals surface area contributed by atoms with E-state index in [4.69, 9.17) is 4.74 Å². The zero-order valence-electron chi connectivity index (χ0n) is 11.6. The molecule has 0 bridgehead atoms. The van der Waals surface area contributed by atoms with Crippen molar-refractivity contribution in [1.82, 2.24) is 5.32 Å². The van der Waals surface area contributed by atoms with Crippen LogP contribution in [0.3, 0.4) is 0 Å². The van der Waals surface area contributed by atoms with E-state index in [0.717, 1.165) is 24.9 Å². The Morgan fingerprint density at radius 3 is 2.39 bits per heavy atom. The highest BCUT2D eigenvalue weighted by molar-refractivity contribution is 5.25. The summed E-state index contributed by atoms with van der Waals surface area (Å²) in [6, 6.07) is 8.28. The van der Waals surface area contributed by atoms with Crippen molar-refractivity contribution in [3.8, 4) is 0 Å². The number of aliphatic hydroxyl groups is 1. The molecule has 3 heteroatoms. The second-order valence-corrected chi connectivity index (χ2v) is 4.50. The standard InChI is InChI=1S/C15H25NO2/c1-4-12-6-8-13(9-7-12)15(17)14(5-2)16-10-11-18-3/h6-9,14-17H,4-5,10-11H2,1-3H3. The molecule has 2 atom stereocenters. The third-order valence-electron chi connectivity index (χ3n) is 3.26. The van der Waals surface area contributed by atoms with Crippen LogP contribution in [-0.2, 0) is 11.2 Å². The normalized spacial score (nSPS) is 14.4. The van der Waals surface area contributed by atoms with E-state index >= 15 is 0 Å². The van der Waals surface area contributed by atoms with Crippen molar-refractivity contribution >= 4 is 0 Å². The fourth-order valence-corrected chi connectivity index (χ4v) is 2.01. The Hall–Kier alpha value is -0.900. The van der Waals surface area contributed by atoms with E-state index in [1.807, 2.05) is 12.1 Å². The molecule has 0 aliphatic heterocycles. The van der Waals surface area contributed by atoms with Crippen LogP contribution in [0.1, 0.15) is 37.5 Å². The minimum atomic E-state index is -0.460. The van der Waals surface area contributed by atoms with Gasteiger partial charge in [0.2, 0.25) is 0 Å². The predicted molar refractivity (Wildman–Crippen MR) is 74.7 cm³/mol. The van der Waals surface area contributed by atoms with E-state index in [-0.39, 0.29) is 6.04 Å². The van der Waals surface area contributed by atoms with Gasteiger partial charge in [0.15, 0.2) is 0 Å². The van der Waals surface area contributed by atoms with Crippen LogP contribution in [0.25, 0.3) is 0 Å². The van der Waals surface area contributed by atoms with Crippen molar-refractivity contribution in [3.63, 3.8) is 0 Å². The number of methoxy groups -OCH3 is 1. The van der Waals surface area contributed by atoms with Gasteiger partial charge in [-0.1, -0.05) is 38.1 Å². The van der Waals surface area contributed by atoms with Crippen molar-refractivity contribution in [2.75, 3.05) is 20.3 Å². The quantitative estimate of drug-likeness (QED) is 0.697. The minimum absolute atomic E-state index is 0.0765. The molecule has 2 N–H and O–H groups in total. The van der Waals surface area contributed by atoms with Gasteiger partial charge in [0.25, 0.3) is 0 Å². The van der Waals surface area contributed by atoms with E-state index in [1.54, 1.807) is 7.11 Å². The van der Waals surface area contributed by atoms with Gasteiger partial charge < -0.3 is 15.2 Å². The van der Waals surface area contributed by atoms with Gasteiger partial charge in [-0.15, -0.1) is 0 Å². The van der Waals surface area contributed by atoms with Crippen LogP contribution in [0.2, 0.25) is 0 Å². The average molecular weight is 251 g/mol. The maximum absolute atomic E-state index is 10.3. The predicted octanol–water partition coefficient (Wildman–Crippen LogP) is 2.30. The fourth-order valence-electron chi connectivity index (χ4n) is 2.01. The fraction of sp³-hybridized carbons (Fsp3) is 0.600. The van der Waals surface area contributed by atoms with Crippen LogP contribution < -0.4 is 5.32 Å². The lowest BCUT2D eigenvalue weighted by atomic mass is 9.99. The minimum Gasteiger partial charge on any atom is -0.387 e. The average Bonchev–Trinajstić information content (AvgIpc) is 2.43. The topological polar surface area (TPSA) is 41.5 Å². The third-order valence-corrected chi connectivity index (χ3v) is 3.26. The molecule has 1 aromatic rings. The van der Waals surface area contributed by atoms with Crippen molar-refractivity contribution in [2.45, 2.75) is 38.8 Å². The number of hydrogen-bond acceptors (Lipinski definition) is 3. The SMILES string of the molecule is CCc1ccc(C(O)C(CC)NCCOC)cc1. The molecule has 0 aliphatic carbocycles. The molecule has 0 spiro atoms. The second-order valence-electron chi connectivity index (χ2n) is 4.50. The molecule has 3 nitrogen and oxygen atoms in total. The maximum Gasteiger partial charge on any atom is 0.0942 e. The summed E-state index contributed by atoms with van der Waals surface area (Å²) >= 11 is 0. The molecule has 0 aliphatic rings. The van der Waals surface area contributed by atoms with E-state index in [9.17, 15) is 5.11 Å². The number of aryl methyl sites for hydroxylation is 1. The Bertz CT molecular complexity index is 324. The van der Waals surface area contributed by atoms with Crippen molar-refractivity contribution < 1.29 is 9.84 Å². The van der Waals surface area contributed by atoms with Gasteiger partial charge >= 0.3 is 0 Å². The molecule has 0 fully saturated rings. The summed E-state index contributed by atoms with van der Waals surface area (Å²) in [5, 5.41) is 13.7. The molecule has 18 heavy (non-hydrogen) atoms. The molecule has 0 amide bonds. The van der Waals surface area contributed by atoms with E-state index < -0.39 is 6.10 Å². The number of rotatable bonds is 8. The van der Waals surface area contributed by atoms with Gasteiger partial charge in [0.05, 0.1) is 12.7 Å². The summed E-state index contributed by atoms with van der Waals surface area (Å²) in [5.41, 5.74) is 2.27. The first-order valence-corrected chi connectivity index (χ1v) is 6.72. The smallest absolute Gasteiger partial charge is 0.0942 e. The third kappa shape index (κ3) is 4.41. The molecule has 0 radical (unpaired) electrons. The number of hydrogen-bond donors (Lipinski definition) is 2. The molecule has 0 heterocycles. The van der Waals surface area contributed by atoms with Crippen LogP contribution in [0.4, 0.5) is 0 Å². The van der Waals surface area contributed by atoms with Crippen LogP contribution in [0, 0.1) is 0 Å². The monoisotopic (exact) mass is 251 g/mol. The van der Waals surface area contributed by atoms with Gasteiger partial charge in [-0.25, -0.2) is 0 Å². The van der Waals surface area contributed by atoms with Gasteiger partial charge in [0, 0.05) is 19.7 Å². The Balaban J connectivity index is 2.60. The molecule has 0 saturated carbocycles. The highest BCUT2D eigenvalue weighted by Crippen LogP contribution is 2.19. The van der Waals surface area contributed by atoms with Crippen LogP contribution in [-0.4, -0.2) is 31.4 Å². The van der Waals surface area contributed by atoms with Crippen LogP contribution in [0.5, 0.6) is 0 Å². The Kier molecular flexibility index (Phi) is 6.94. The van der Waals surface area contributed by atoms with E-state index in [2.05, 4.69) is 31.3 Å². The first kappa shape index (κ1) is 15.2. The Labute approximate surface area is 110 Å². The second kappa shape index (κ2) is 8.25. The molecule has 2 unspecified atom stereocenters. The summed E-state index contributed by atoms with van der Waals surface area (Å²) in [6.07, 6.45) is 1.46. The van der Waals surface area contributed by atoms with Gasteiger partial charge in [-0.2, -0.15) is 0 Å². The summed E-state index contributed by atoms with van der Waals surface area (Å²) < 4.78 is 5.01. The summed E-state index contributed by atoms with van der Waals surface area (Å²) in [5.74, 6) is 0. The van der Waals surface area contributed by atoms with Gasteiger partial charge in [-0.05, 0) is 24.0 Å². The Morgan fingerprint density at radius 2 is 1.89 bits per heavy atom. The van der Waals surface area contributed by atoms with Crippen molar-refractivity contribution in [1.29, 1.82) is 0 Å². The number of nitrogens with one attached hydrogen (secondary N) is 1. The van der Waals surface area contributed by atoms with Gasteiger partial charge in [-0.3, -0.25) is 0 Å². The molecule has 1 rings (SSSR count). The highest BCUT2D eigenvalue weighted by Gasteiger charge is 2.18. The van der Waals surface area contributed by atoms with Crippen LogP contribution >= 0.6 is 0 Å². The van der Waals surface area contributed by atoms with Crippen LogP contribution in [0.15, 0.2) is 24.3 Å². The van der Waals surface area contributed by atoms with Gasteiger partial charge in [0.1, 0.15) is 0 Å². The van der Waals surface area contributed by atoms with E-state index in [1.165, 1.54) is 5.56 Å². The number of benzene rings is 1. The zero-order valence-corrected chi connectivity index (χ0v) is 11.6. The number of aliphatic hydroxyl groups excluding tert-OH is 1.